The Labute approximate surface area is 202 Å². The van der Waals surface area contributed by atoms with Gasteiger partial charge in [-0.1, -0.05) is 41.4 Å². The lowest BCUT2D eigenvalue weighted by atomic mass is 10.1. The average Bonchev–Trinajstić information content (AvgIpc) is 2.74. The van der Waals surface area contributed by atoms with Gasteiger partial charge in [-0.15, -0.1) is 0 Å². The van der Waals surface area contributed by atoms with Crippen LogP contribution in [0.5, 0.6) is 5.75 Å². The maximum atomic E-state index is 12.5. The van der Waals surface area contributed by atoms with E-state index in [9.17, 15) is 10.1 Å². The van der Waals surface area contributed by atoms with E-state index in [0.29, 0.717) is 37.6 Å². The smallest absolute Gasteiger partial charge is 0.266 e. The van der Waals surface area contributed by atoms with Crippen LogP contribution < -0.4 is 10.1 Å². The van der Waals surface area contributed by atoms with E-state index >= 15 is 0 Å². The van der Waals surface area contributed by atoms with Crippen molar-refractivity contribution >= 4 is 61.1 Å². The van der Waals surface area contributed by atoms with Gasteiger partial charge in [0.2, 0.25) is 0 Å². The maximum absolute atomic E-state index is 12.5. The molecule has 0 bridgehead atoms. The maximum Gasteiger partial charge on any atom is 0.266 e. The van der Waals surface area contributed by atoms with E-state index in [2.05, 4.69) is 37.2 Å². The topological polar surface area (TPSA) is 62.1 Å². The molecule has 1 amide bonds. The fourth-order valence-corrected chi connectivity index (χ4v) is 4.26. The van der Waals surface area contributed by atoms with Crippen molar-refractivity contribution in [1.29, 1.82) is 5.26 Å². The number of nitriles is 1. The van der Waals surface area contributed by atoms with E-state index in [1.165, 1.54) is 6.08 Å². The highest BCUT2D eigenvalue weighted by atomic mass is 79.9. The van der Waals surface area contributed by atoms with Crippen LogP contribution in [0.1, 0.15) is 16.7 Å². The number of rotatable bonds is 6. The number of ether oxygens (including phenoxy) is 1. The van der Waals surface area contributed by atoms with Crippen LogP contribution in [0.3, 0.4) is 0 Å². The number of halogens is 3. The highest BCUT2D eigenvalue weighted by Crippen LogP contribution is 2.36. The second kappa shape index (κ2) is 10.6. The predicted octanol–water partition coefficient (Wildman–Crippen LogP) is 7.30. The van der Waals surface area contributed by atoms with E-state index in [0.717, 1.165) is 11.1 Å². The quantitative estimate of drug-likeness (QED) is 0.254. The van der Waals surface area contributed by atoms with Crippen molar-refractivity contribution in [2.75, 3.05) is 5.32 Å². The molecule has 0 fully saturated rings. The molecule has 31 heavy (non-hydrogen) atoms. The molecule has 0 aliphatic rings. The van der Waals surface area contributed by atoms with Crippen LogP contribution in [-0.2, 0) is 11.4 Å². The molecule has 0 aliphatic carbocycles. The van der Waals surface area contributed by atoms with E-state index in [-0.39, 0.29) is 5.57 Å². The number of amides is 1. The minimum Gasteiger partial charge on any atom is -0.487 e. The third kappa shape index (κ3) is 6.44. The molecule has 0 saturated carbocycles. The van der Waals surface area contributed by atoms with Gasteiger partial charge in [0, 0.05) is 10.7 Å². The number of anilines is 1. The summed E-state index contributed by atoms with van der Waals surface area (Å²) in [7, 11) is 0. The summed E-state index contributed by atoms with van der Waals surface area (Å²) in [5.74, 6) is 0.149. The largest absolute Gasteiger partial charge is 0.487 e. The SMILES string of the molecule is Cc1ccc(NC(=O)/C(C#N)=C/c2cc(Br)c(OCc3ccc(Cl)cc3)c(Br)c2)cc1. The average molecular weight is 561 g/mol. The first-order valence-corrected chi connectivity index (χ1v) is 11.2. The Morgan fingerprint density at radius 1 is 1.10 bits per heavy atom. The normalized spacial score (nSPS) is 11.0. The summed E-state index contributed by atoms with van der Waals surface area (Å²) < 4.78 is 7.30. The van der Waals surface area contributed by atoms with Crippen LogP contribution in [0.4, 0.5) is 5.69 Å². The summed E-state index contributed by atoms with van der Waals surface area (Å²) >= 11 is 12.9. The minimum absolute atomic E-state index is 0.00536. The molecule has 0 spiro atoms. The summed E-state index contributed by atoms with van der Waals surface area (Å²) in [6, 6.07) is 20.3. The molecule has 4 nitrogen and oxygen atoms in total. The summed E-state index contributed by atoms with van der Waals surface area (Å²) in [4.78, 5) is 12.5. The van der Waals surface area contributed by atoms with Crippen LogP contribution in [0.2, 0.25) is 5.02 Å². The first-order valence-electron chi connectivity index (χ1n) is 9.22. The van der Waals surface area contributed by atoms with E-state index in [1.54, 1.807) is 24.3 Å². The Morgan fingerprint density at radius 2 is 1.71 bits per heavy atom. The zero-order valence-electron chi connectivity index (χ0n) is 16.5. The van der Waals surface area contributed by atoms with Gasteiger partial charge in [-0.25, -0.2) is 0 Å². The lowest BCUT2D eigenvalue weighted by Crippen LogP contribution is -2.13. The Balaban J connectivity index is 1.76. The third-order valence-electron chi connectivity index (χ3n) is 4.30. The molecule has 1 N–H and O–H groups in total. The van der Waals surface area contributed by atoms with Gasteiger partial charge in [-0.3, -0.25) is 4.79 Å². The number of hydrogen-bond acceptors (Lipinski definition) is 3. The van der Waals surface area contributed by atoms with E-state index < -0.39 is 5.91 Å². The number of aryl methyl sites for hydroxylation is 1. The third-order valence-corrected chi connectivity index (χ3v) is 5.73. The van der Waals surface area contributed by atoms with E-state index in [4.69, 9.17) is 16.3 Å². The van der Waals surface area contributed by atoms with Crippen molar-refractivity contribution in [1.82, 2.24) is 0 Å². The fourth-order valence-electron chi connectivity index (χ4n) is 2.69. The molecule has 0 aliphatic heterocycles. The summed E-state index contributed by atoms with van der Waals surface area (Å²) in [6.45, 7) is 2.33. The van der Waals surface area contributed by atoms with Crippen LogP contribution in [0.25, 0.3) is 6.08 Å². The van der Waals surface area contributed by atoms with Gasteiger partial charge in [0.15, 0.2) is 0 Å². The van der Waals surface area contributed by atoms with Crippen molar-refractivity contribution in [3.05, 3.63) is 96.9 Å². The molecule has 3 aromatic carbocycles. The summed E-state index contributed by atoms with van der Waals surface area (Å²) in [6.07, 6.45) is 1.53. The number of hydrogen-bond donors (Lipinski definition) is 1. The lowest BCUT2D eigenvalue weighted by Gasteiger charge is -2.12. The summed E-state index contributed by atoms with van der Waals surface area (Å²) in [5.41, 5.74) is 3.36. The first kappa shape index (κ1) is 23.1. The molecule has 0 heterocycles. The van der Waals surface area contributed by atoms with Crippen molar-refractivity contribution in [2.45, 2.75) is 13.5 Å². The number of carbonyl (C=O) groups is 1. The number of nitrogens with one attached hydrogen (secondary N) is 1. The zero-order valence-corrected chi connectivity index (χ0v) is 20.4. The highest BCUT2D eigenvalue weighted by Gasteiger charge is 2.13. The number of carbonyl (C=O) groups excluding carboxylic acids is 1. The van der Waals surface area contributed by atoms with Gasteiger partial charge in [-0.05, 0) is 92.4 Å². The Morgan fingerprint density at radius 3 is 2.29 bits per heavy atom. The minimum atomic E-state index is -0.471. The molecule has 3 aromatic rings. The predicted molar refractivity (Wildman–Crippen MR) is 131 cm³/mol. The van der Waals surface area contributed by atoms with Crippen LogP contribution in [-0.4, -0.2) is 5.91 Å². The van der Waals surface area contributed by atoms with Gasteiger partial charge in [-0.2, -0.15) is 5.26 Å². The summed E-state index contributed by atoms with van der Waals surface area (Å²) in [5, 5.41) is 12.9. The Bertz CT molecular complexity index is 1140. The molecular formula is C24H17Br2ClN2O2. The number of nitrogens with zero attached hydrogens (tertiary/aromatic N) is 1. The standard InChI is InChI=1S/C24H17Br2ClN2O2/c1-15-2-8-20(9-3-15)29-24(30)18(13-28)10-17-11-21(25)23(22(26)12-17)31-14-16-4-6-19(27)7-5-16/h2-12H,14H2,1H3,(H,29,30)/b18-10+. The van der Waals surface area contributed by atoms with Gasteiger partial charge < -0.3 is 10.1 Å². The first-order chi connectivity index (χ1) is 14.9. The second-order valence-corrected chi connectivity index (χ2v) is 8.86. The lowest BCUT2D eigenvalue weighted by molar-refractivity contribution is -0.112. The molecule has 0 unspecified atom stereocenters. The van der Waals surface area contributed by atoms with Crippen molar-refractivity contribution in [3.63, 3.8) is 0 Å². The monoisotopic (exact) mass is 558 g/mol. The Hall–Kier alpha value is -2.59. The van der Waals surface area contributed by atoms with Gasteiger partial charge >= 0.3 is 0 Å². The molecule has 0 radical (unpaired) electrons. The molecule has 0 aromatic heterocycles. The van der Waals surface area contributed by atoms with Crippen molar-refractivity contribution in [3.8, 4) is 11.8 Å². The molecule has 156 valence electrons. The molecule has 7 heteroatoms. The van der Waals surface area contributed by atoms with E-state index in [1.807, 2.05) is 49.4 Å². The highest BCUT2D eigenvalue weighted by molar-refractivity contribution is 9.11. The van der Waals surface area contributed by atoms with Crippen LogP contribution in [0, 0.1) is 18.3 Å². The molecule has 0 atom stereocenters. The van der Waals surface area contributed by atoms with Crippen LogP contribution >= 0.6 is 43.5 Å². The molecular weight excluding hydrogens is 544 g/mol. The Kier molecular flexibility index (Phi) is 7.91. The van der Waals surface area contributed by atoms with Crippen molar-refractivity contribution in [2.24, 2.45) is 0 Å². The second-order valence-electron chi connectivity index (χ2n) is 6.72. The number of benzene rings is 3. The molecule has 3 rings (SSSR count). The van der Waals surface area contributed by atoms with Gasteiger partial charge in [0.25, 0.3) is 5.91 Å². The van der Waals surface area contributed by atoms with Gasteiger partial charge in [0.1, 0.15) is 24.0 Å². The molecule has 0 saturated heterocycles. The van der Waals surface area contributed by atoms with Gasteiger partial charge in [0.05, 0.1) is 8.95 Å². The van der Waals surface area contributed by atoms with Crippen LogP contribution in [0.15, 0.2) is 75.2 Å². The van der Waals surface area contributed by atoms with Crippen molar-refractivity contribution < 1.29 is 9.53 Å². The fraction of sp³-hybridized carbons (Fsp3) is 0.0833. The zero-order chi connectivity index (χ0) is 22.4.